The van der Waals surface area contributed by atoms with Gasteiger partial charge in [0.25, 0.3) is 0 Å². The summed E-state index contributed by atoms with van der Waals surface area (Å²) in [5.41, 5.74) is 7.61. The number of rotatable bonds is 5. The molecule has 3 unspecified atom stereocenters. The van der Waals surface area contributed by atoms with Crippen LogP contribution in [0.15, 0.2) is 40.1 Å². The van der Waals surface area contributed by atoms with Crippen LogP contribution in [0.1, 0.15) is 59.1 Å². The highest BCUT2D eigenvalue weighted by Crippen LogP contribution is 2.39. The molecule has 23 heavy (non-hydrogen) atoms. The van der Waals surface area contributed by atoms with Crippen molar-refractivity contribution in [3.8, 4) is 0 Å². The van der Waals surface area contributed by atoms with E-state index in [1.165, 1.54) is 23.6 Å². The average Bonchev–Trinajstić information content (AvgIpc) is 2.68. The molecule has 1 aliphatic rings. The Morgan fingerprint density at radius 3 is 1.96 bits per heavy atom. The van der Waals surface area contributed by atoms with Crippen molar-refractivity contribution in [2.75, 3.05) is 0 Å². The minimum atomic E-state index is -1.13. The Morgan fingerprint density at radius 2 is 1.52 bits per heavy atom. The van der Waals surface area contributed by atoms with Crippen molar-refractivity contribution < 1.29 is 0 Å². The van der Waals surface area contributed by atoms with Crippen molar-refractivity contribution in [2.45, 2.75) is 67.9 Å². The van der Waals surface area contributed by atoms with Gasteiger partial charge in [-0.05, 0) is 58.1 Å². The molecule has 0 aliphatic heterocycles. The van der Waals surface area contributed by atoms with Gasteiger partial charge in [-0.3, -0.25) is 0 Å². The normalized spacial score (nSPS) is 21.1. The fraction of sp³-hybridized carbons (Fsp3) is 0.545. The van der Waals surface area contributed by atoms with Crippen LogP contribution in [-0.4, -0.2) is 8.80 Å². The fourth-order valence-corrected chi connectivity index (χ4v) is 8.73. The van der Waals surface area contributed by atoms with Crippen molar-refractivity contribution in [2.24, 2.45) is 11.8 Å². The maximum Gasteiger partial charge on any atom is 0.0990 e. The Morgan fingerprint density at radius 1 is 0.957 bits per heavy atom. The van der Waals surface area contributed by atoms with Crippen LogP contribution in [-0.2, 0) is 0 Å². The van der Waals surface area contributed by atoms with Gasteiger partial charge < -0.3 is 0 Å². The lowest BCUT2D eigenvalue weighted by Gasteiger charge is -2.26. The van der Waals surface area contributed by atoms with E-state index in [0.29, 0.717) is 5.92 Å². The van der Waals surface area contributed by atoms with Crippen molar-refractivity contribution in [1.82, 2.24) is 0 Å². The summed E-state index contributed by atoms with van der Waals surface area (Å²) in [6, 6.07) is 8.66. The highest BCUT2D eigenvalue weighted by molar-refractivity contribution is 6.80. The van der Waals surface area contributed by atoms with E-state index in [1.54, 1.807) is 21.9 Å². The predicted octanol–water partition coefficient (Wildman–Crippen LogP) is 5.63. The lowest BCUT2D eigenvalue weighted by Crippen LogP contribution is -2.37. The summed E-state index contributed by atoms with van der Waals surface area (Å²) in [5, 5.41) is 3.47. The number of aryl methyl sites for hydroxylation is 2. The first-order valence-electron chi connectivity index (χ1n) is 9.22. The Labute approximate surface area is 145 Å². The van der Waals surface area contributed by atoms with E-state index in [2.05, 4.69) is 73.6 Å². The lowest BCUT2D eigenvalue weighted by molar-refractivity contribution is 0.619. The molecule has 126 valence electrons. The number of allylic oxidation sites excluding steroid dienone is 4. The van der Waals surface area contributed by atoms with E-state index < -0.39 is 8.80 Å². The van der Waals surface area contributed by atoms with Crippen LogP contribution >= 0.6 is 0 Å². The van der Waals surface area contributed by atoms with Gasteiger partial charge in [0.05, 0.1) is 8.80 Å². The summed E-state index contributed by atoms with van der Waals surface area (Å²) in [5.74, 6) is 1.47. The van der Waals surface area contributed by atoms with Crippen LogP contribution in [0.4, 0.5) is 0 Å². The van der Waals surface area contributed by atoms with Crippen molar-refractivity contribution in [3.63, 3.8) is 0 Å². The van der Waals surface area contributed by atoms with Crippen LogP contribution in [0.2, 0.25) is 6.04 Å². The van der Waals surface area contributed by atoms with Crippen molar-refractivity contribution in [3.05, 3.63) is 51.2 Å². The van der Waals surface area contributed by atoms with Gasteiger partial charge in [0, 0.05) is 0 Å². The van der Waals surface area contributed by atoms with E-state index in [-0.39, 0.29) is 0 Å². The number of benzene rings is 1. The summed E-state index contributed by atoms with van der Waals surface area (Å²) in [6.07, 6.45) is 1.29. The van der Waals surface area contributed by atoms with Crippen LogP contribution in [0.3, 0.4) is 0 Å². The molecule has 0 nitrogen and oxygen atoms in total. The third kappa shape index (κ3) is 3.71. The molecule has 3 atom stereocenters. The first-order chi connectivity index (χ1) is 10.8. The molecule has 0 N–H and O–H groups in total. The van der Waals surface area contributed by atoms with Crippen LogP contribution in [0.25, 0.3) is 0 Å². The number of hydrogen-bond donors (Lipinski definition) is 0. The van der Waals surface area contributed by atoms with E-state index >= 15 is 0 Å². The summed E-state index contributed by atoms with van der Waals surface area (Å²) < 4.78 is 0. The average molecular weight is 327 g/mol. The highest BCUT2D eigenvalue weighted by atomic mass is 28.3. The molecule has 2 rings (SSSR count). The first kappa shape index (κ1) is 18.3. The molecule has 1 aromatic carbocycles. The lowest BCUT2D eigenvalue weighted by atomic mass is 10.1. The van der Waals surface area contributed by atoms with Gasteiger partial charge in [0.2, 0.25) is 0 Å². The van der Waals surface area contributed by atoms with E-state index in [9.17, 15) is 0 Å². The maximum atomic E-state index is 2.47. The van der Waals surface area contributed by atoms with Gasteiger partial charge in [-0.25, -0.2) is 0 Å². The van der Waals surface area contributed by atoms with E-state index in [1.807, 2.05) is 5.20 Å². The minimum absolute atomic E-state index is 0.650. The topological polar surface area (TPSA) is 0 Å². The Balaban J connectivity index is 2.52. The highest BCUT2D eigenvalue weighted by Gasteiger charge is 2.32. The van der Waals surface area contributed by atoms with E-state index in [4.69, 9.17) is 0 Å². The molecule has 0 saturated heterocycles. The minimum Gasteiger partial charge on any atom is -0.0690 e. The Bertz CT molecular complexity index is 628. The molecule has 0 fully saturated rings. The van der Waals surface area contributed by atoms with Crippen LogP contribution in [0, 0.1) is 25.7 Å². The smallest absolute Gasteiger partial charge is 0.0690 e. The molecule has 0 radical (unpaired) electrons. The maximum absolute atomic E-state index is 2.47. The zero-order valence-corrected chi connectivity index (χ0v) is 17.5. The second-order valence-corrected chi connectivity index (χ2v) is 10.7. The molecular weight excluding hydrogens is 292 g/mol. The standard InChI is InChI=1S/C22H34Si/c1-9-14(2)13-23(21-11-15(3)10-16(4)12-21)22-19(7)17(5)18(6)20(22)8/h10-12,14,19,23H,9,13H2,1-8H3. The van der Waals surface area contributed by atoms with Crippen LogP contribution < -0.4 is 5.19 Å². The van der Waals surface area contributed by atoms with Gasteiger partial charge in [-0.1, -0.05) is 78.0 Å². The summed E-state index contributed by atoms with van der Waals surface area (Å²) in [4.78, 5) is 0. The van der Waals surface area contributed by atoms with Crippen molar-refractivity contribution in [1.29, 1.82) is 0 Å². The Kier molecular flexibility index (Phi) is 5.73. The number of hydrogen-bond acceptors (Lipinski definition) is 0. The molecular formula is C22H34Si. The second-order valence-electron chi connectivity index (χ2n) is 7.83. The van der Waals surface area contributed by atoms with E-state index in [0.717, 1.165) is 5.92 Å². The third-order valence-electron chi connectivity index (χ3n) is 6.06. The summed E-state index contributed by atoms with van der Waals surface area (Å²) >= 11 is 0. The molecule has 1 aromatic rings. The third-order valence-corrected chi connectivity index (χ3v) is 10.2. The zero-order chi connectivity index (χ0) is 17.3. The Hall–Kier alpha value is -1.08. The monoisotopic (exact) mass is 326 g/mol. The molecule has 1 aliphatic carbocycles. The van der Waals surface area contributed by atoms with Crippen molar-refractivity contribution >= 4 is 14.0 Å². The molecule has 0 saturated carbocycles. The first-order valence-corrected chi connectivity index (χ1v) is 11.2. The SMILES string of the molecule is CCC(C)C[SiH](C1=C(C)C(C)=C(C)C1C)c1cc(C)cc(C)c1. The predicted molar refractivity (Wildman–Crippen MR) is 107 cm³/mol. The summed E-state index contributed by atoms with van der Waals surface area (Å²) in [6.45, 7) is 18.7. The largest absolute Gasteiger partial charge is 0.0990 e. The van der Waals surface area contributed by atoms with Gasteiger partial charge in [-0.15, -0.1) is 0 Å². The molecule has 0 spiro atoms. The van der Waals surface area contributed by atoms with Gasteiger partial charge in [0.15, 0.2) is 0 Å². The van der Waals surface area contributed by atoms with Gasteiger partial charge >= 0.3 is 0 Å². The zero-order valence-electron chi connectivity index (χ0n) is 16.4. The quantitative estimate of drug-likeness (QED) is 0.616. The molecule has 1 heteroatoms. The van der Waals surface area contributed by atoms with Crippen LogP contribution in [0.5, 0.6) is 0 Å². The van der Waals surface area contributed by atoms with Gasteiger partial charge in [0.1, 0.15) is 0 Å². The molecule has 0 bridgehead atoms. The van der Waals surface area contributed by atoms with Gasteiger partial charge in [-0.2, -0.15) is 0 Å². The molecule has 0 heterocycles. The molecule has 0 amide bonds. The molecule has 0 aromatic heterocycles. The summed E-state index contributed by atoms with van der Waals surface area (Å²) in [7, 11) is -1.13. The fourth-order valence-electron chi connectivity index (χ4n) is 4.18. The second kappa shape index (κ2) is 7.21.